The van der Waals surface area contributed by atoms with Crippen molar-refractivity contribution in [3.05, 3.63) is 11.8 Å². The van der Waals surface area contributed by atoms with Gasteiger partial charge in [-0.2, -0.15) is 0 Å². The minimum atomic E-state index is -1.61. The number of amides is 3. The number of aliphatic hydroxyl groups excluding tert-OH is 3. The summed E-state index contributed by atoms with van der Waals surface area (Å²) in [5, 5.41) is 38.6. The second kappa shape index (κ2) is 18.7. The predicted octanol–water partition coefficient (Wildman–Crippen LogP) is 2.24. The lowest BCUT2D eigenvalue weighted by Crippen LogP contribution is -2.67. The van der Waals surface area contributed by atoms with Gasteiger partial charge in [-0.05, 0) is 88.2 Å². The van der Waals surface area contributed by atoms with Crippen LogP contribution in [0.4, 0.5) is 14.4 Å². The number of hydrogen-bond acceptors (Lipinski definition) is 14. The Morgan fingerprint density at radius 3 is 1.98 bits per heavy atom. The van der Waals surface area contributed by atoms with E-state index in [1.54, 1.807) is 62.3 Å². The Labute approximate surface area is 301 Å². The van der Waals surface area contributed by atoms with Gasteiger partial charge in [0.25, 0.3) is 0 Å². The van der Waals surface area contributed by atoms with Gasteiger partial charge >= 0.3 is 18.3 Å². The fraction of sp³-hybridized carbons (Fsp3) is 0.853. The molecule has 1 heterocycles. The van der Waals surface area contributed by atoms with Gasteiger partial charge in [0.05, 0.1) is 37.9 Å². The van der Waals surface area contributed by atoms with Gasteiger partial charge in [-0.3, -0.25) is 0 Å². The maximum atomic E-state index is 13.1. The molecular weight excluding hydrogens is 672 g/mol. The van der Waals surface area contributed by atoms with Gasteiger partial charge in [0.2, 0.25) is 0 Å². The SMILES string of the molecule is C[C@@H]([C@@H](O)[C@H](OCCO)O[C@@H]1[C@@H](O)[C@H](O[C@@H]2CCC=C(CN)O2)[C@@H](NC(=O)OC(C)(C)C)C[C@H]1NC(=O)OC(C)(C)C)N(C)C(=O)OC(C)(C)C. The zero-order valence-electron chi connectivity index (χ0n) is 32.0. The van der Waals surface area contributed by atoms with E-state index in [9.17, 15) is 29.7 Å². The van der Waals surface area contributed by atoms with Gasteiger partial charge in [-0.15, -0.1) is 0 Å². The number of nitrogens with two attached hydrogens (primary N) is 1. The Morgan fingerprint density at radius 1 is 0.961 bits per heavy atom. The number of alkyl carbamates (subject to hydrolysis) is 2. The summed E-state index contributed by atoms with van der Waals surface area (Å²) in [5.41, 5.74) is 3.25. The molecule has 3 amide bonds. The van der Waals surface area contributed by atoms with E-state index in [1.807, 2.05) is 6.08 Å². The summed E-state index contributed by atoms with van der Waals surface area (Å²) in [6.45, 7) is 16.2. The van der Waals surface area contributed by atoms with Crippen molar-refractivity contribution in [2.75, 3.05) is 26.8 Å². The van der Waals surface area contributed by atoms with Crippen molar-refractivity contribution >= 4 is 18.3 Å². The third-order valence-electron chi connectivity index (χ3n) is 7.68. The largest absolute Gasteiger partial charge is 0.468 e. The first kappa shape index (κ1) is 44.2. The molecule has 1 saturated carbocycles. The number of hydrogen-bond donors (Lipinski definition) is 6. The van der Waals surface area contributed by atoms with Crippen molar-refractivity contribution in [2.24, 2.45) is 5.73 Å². The van der Waals surface area contributed by atoms with E-state index in [0.717, 1.165) is 4.90 Å². The molecule has 2 aliphatic rings. The molecule has 17 heteroatoms. The summed E-state index contributed by atoms with van der Waals surface area (Å²) in [4.78, 5) is 40.2. The predicted molar refractivity (Wildman–Crippen MR) is 184 cm³/mol. The summed E-state index contributed by atoms with van der Waals surface area (Å²) >= 11 is 0. The van der Waals surface area contributed by atoms with E-state index in [-0.39, 0.29) is 19.6 Å². The first-order chi connectivity index (χ1) is 23.4. The molecule has 0 spiro atoms. The summed E-state index contributed by atoms with van der Waals surface area (Å²) in [5.74, 6) is 0.495. The average molecular weight is 735 g/mol. The van der Waals surface area contributed by atoms with Crippen LogP contribution < -0.4 is 16.4 Å². The van der Waals surface area contributed by atoms with Gasteiger partial charge in [0, 0.05) is 13.5 Å². The van der Waals surface area contributed by atoms with Crippen LogP contribution in [0.3, 0.4) is 0 Å². The number of ether oxygens (including phenoxy) is 7. The minimum absolute atomic E-state index is 0.0760. The lowest BCUT2D eigenvalue weighted by Gasteiger charge is -2.47. The van der Waals surface area contributed by atoms with Crippen LogP contribution in [0.5, 0.6) is 0 Å². The number of nitrogens with one attached hydrogen (secondary N) is 2. The van der Waals surface area contributed by atoms with Crippen LogP contribution in [0.2, 0.25) is 0 Å². The summed E-state index contributed by atoms with van der Waals surface area (Å²) in [6, 6.07) is -3.01. The molecule has 1 aliphatic carbocycles. The van der Waals surface area contributed by atoms with Crippen LogP contribution >= 0.6 is 0 Å². The minimum Gasteiger partial charge on any atom is -0.468 e. The number of rotatable bonds is 13. The summed E-state index contributed by atoms with van der Waals surface area (Å²) < 4.78 is 40.6. The molecule has 0 aromatic heterocycles. The first-order valence-electron chi connectivity index (χ1n) is 17.3. The highest BCUT2D eigenvalue weighted by molar-refractivity contribution is 5.69. The maximum Gasteiger partial charge on any atom is 0.410 e. The Balaban J connectivity index is 2.53. The van der Waals surface area contributed by atoms with Crippen LogP contribution in [-0.4, -0.2) is 137 Å². The number of carbonyl (C=O) groups excluding carboxylic acids is 3. The Morgan fingerprint density at radius 2 is 1.49 bits per heavy atom. The third-order valence-corrected chi connectivity index (χ3v) is 7.68. The van der Waals surface area contributed by atoms with Crippen LogP contribution in [0.15, 0.2) is 11.8 Å². The van der Waals surface area contributed by atoms with Crippen molar-refractivity contribution in [3.63, 3.8) is 0 Å². The normalized spacial score (nSPS) is 26.1. The highest BCUT2D eigenvalue weighted by atomic mass is 16.7. The number of carbonyl (C=O) groups is 3. The highest BCUT2D eigenvalue weighted by Crippen LogP contribution is 2.31. The molecule has 7 N–H and O–H groups in total. The lowest BCUT2D eigenvalue weighted by molar-refractivity contribution is -0.274. The number of likely N-dealkylation sites (N-methyl/N-ethyl adjacent to an activating group) is 1. The van der Waals surface area contributed by atoms with Crippen molar-refractivity contribution in [3.8, 4) is 0 Å². The van der Waals surface area contributed by atoms with Crippen LogP contribution in [0.25, 0.3) is 0 Å². The van der Waals surface area contributed by atoms with Gasteiger partial charge in [0.1, 0.15) is 47.0 Å². The fourth-order valence-electron chi connectivity index (χ4n) is 5.31. The van der Waals surface area contributed by atoms with Crippen molar-refractivity contribution < 1.29 is 62.9 Å². The van der Waals surface area contributed by atoms with E-state index in [2.05, 4.69) is 10.6 Å². The number of allylic oxidation sites excluding steroid dienone is 1. The van der Waals surface area contributed by atoms with Crippen molar-refractivity contribution in [1.82, 2.24) is 15.5 Å². The molecular formula is C34H62N4O13. The smallest absolute Gasteiger partial charge is 0.410 e. The zero-order chi connectivity index (χ0) is 38.9. The van der Waals surface area contributed by atoms with E-state index < -0.39 is 96.8 Å². The standard InChI is InChI=1S/C34H62N4O13/c1-19(38(11)31(44)51-34(8,9)10)24(40)28(45-16-15-39)48-27-22(37-30(43)50-33(5,6)7)17-21(36-29(42)49-32(2,3)4)26(25(27)41)47-23-14-12-13-20(18-35)46-23/h13,19,21-28,39-41H,12,14-18,35H2,1-11H3,(H,36,42)(H,37,43)/t19-,21-,22+,23+,24+,25-,26+,27-,28+/m0/s1. The second-order valence-corrected chi connectivity index (χ2v) is 15.7. The molecule has 0 radical (unpaired) electrons. The molecule has 0 aromatic rings. The fourth-order valence-corrected chi connectivity index (χ4v) is 5.31. The molecule has 17 nitrogen and oxygen atoms in total. The lowest BCUT2D eigenvalue weighted by atomic mass is 9.83. The van der Waals surface area contributed by atoms with Gasteiger partial charge in [-0.25, -0.2) is 14.4 Å². The molecule has 51 heavy (non-hydrogen) atoms. The molecule has 296 valence electrons. The van der Waals surface area contributed by atoms with E-state index in [1.165, 1.54) is 14.0 Å². The van der Waals surface area contributed by atoms with Gasteiger partial charge < -0.3 is 69.7 Å². The number of nitrogens with zero attached hydrogens (tertiary/aromatic N) is 1. The van der Waals surface area contributed by atoms with E-state index >= 15 is 0 Å². The van der Waals surface area contributed by atoms with E-state index in [0.29, 0.717) is 18.6 Å². The molecule has 0 bridgehead atoms. The molecule has 9 atom stereocenters. The third kappa shape index (κ3) is 14.9. The average Bonchev–Trinajstić information content (AvgIpc) is 2.98. The molecule has 0 aromatic carbocycles. The van der Waals surface area contributed by atoms with Crippen molar-refractivity contribution in [1.29, 1.82) is 0 Å². The second-order valence-electron chi connectivity index (χ2n) is 15.7. The van der Waals surface area contributed by atoms with Crippen LogP contribution in [0, 0.1) is 0 Å². The number of aliphatic hydroxyl groups is 3. The molecule has 0 saturated heterocycles. The maximum absolute atomic E-state index is 13.1. The Bertz CT molecular complexity index is 1170. The Kier molecular flexibility index (Phi) is 16.2. The molecule has 1 aliphatic heterocycles. The Hall–Kier alpha value is -2.93. The van der Waals surface area contributed by atoms with Gasteiger partial charge in [-0.1, -0.05) is 0 Å². The van der Waals surface area contributed by atoms with Crippen molar-refractivity contribution in [2.45, 2.75) is 160 Å². The first-order valence-corrected chi connectivity index (χ1v) is 17.3. The topological polar surface area (TPSA) is 230 Å². The van der Waals surface area contributed by atoms with E-state index in [4.69, 9.17) is 38.9 Å². The molecule has 0 unspecified atom stereocenters. The summed E-state index contributed by atoms with van der Waals surface area (Å²) in [7, 11) is 1.43. The molecule has 1 fully saturated rings. The monoisotopic (exact) mass is 734 g/mol. The highest BCUT2D eigenvalue weighted by Gasteiger charge is 2.50. The van der Waals surface area contributed by atoms with Gasteiger partial charge in [0.15, 0.2) is 12.6 Å². The molecule has 2 rings (SSSR count). The van der Waals surface area contributed by atoms with Crippen LogP contribution in [0.1, 0.15) is 88.5 Å². The zero-order valence-corrected chi connectivity index (χ0v) is 32.0. The quantitative estimate of drug-likeness (QED) is 0.118. The summed E-state index contributed by atoms with van der Waals surface area (Å²) in [6.07, 6.45) is -7.78. The van der Waals surface area contributed by atoms with Crippen LogP contribution in [-0.2, 0) is 33.2 Å².